The number of amides is 2. The Balaban J connectivity index is 1.78. The summed E-state index contributed by atoms with van der Waals surface area (Å²) in [5, 5.41) is 27.0. The number of nitrogens with one attached hydrogen (secondary N) is 1. The number of benzene rings is 2. The lowest BCUT2D eigenvalue weighted by atomic mass is 9.88. The number of rotatable bonds is 8. The van der Waals surface area contributed by atoms with Gasteiger partial charge in [0.1, 0.15) is 12.4 Å². The Hall–Kier alpha value is -3.19. The maximum atomic E-state index is 13.0. The van der Waals surface area contributed by atoms with Crippen LogP contribution in [0.2, 0.25) is 0 Å². The molecule has 0 unspecified atom stereocenters. The van der Waals surface area contributed by atoms with Gasteiger partial charge in [-0.3, -0.25) is 4.79 Å². The molecule has 3 N–H and O–H groups in total. The fourth-order valence-electron chi connectivity index (χ4n) is 3.52. The van der Waals surface area contributed by atoms with Crippen LogP contribution in [0.3, 0.4) is 0 Å². The molecule has 2 amide bonds. The van der Waals surface area contributed by atoms with Gasteiger partial charge in [0.25, 0.3) is 0 Å². The number of ether oxygens (including phenoxy) is 1. The second-order valence-electron chi connectivity index (χ2n) is 7.03. The number of hydrogen-bond acceptors (Lipinski definition) is 6. The molecule has 2 aromatic carbocycles. The quantitative estimate of drug-likeness (QED) is 0.594. The molecule has 7 nitrogen and oxygen atoms in total. The average Bonchev–Trinajstić information content (AvgIpc) is 3.08. The zero-order chi connectivity index (χ0) is 20.8. The van der Waals surface area contributed by atoms with E-state index in [0.717, 1.165) is 10.5 Å². The molecule has 152 valence electrons. The van der Waals surface area contributed by atoms with Gasteiger partial charge in [-0.2, -0.15) is 0 Å². The van der Waals surface area contributed by atoms with E-state index in [0.29, 0.717) is 12.0 Å². The van der Waals surface area contributed by atoms with E-state index < -0.39 is 24.0 Å². The average molecular weight is 396 g/mol. The fourth-order valence-corrected chi connectivity index (χ4v) is 3.52. The minimum absolute atomic E-state index is 0.0820. The number of phenolic OH excluding ortho intramolecular Hbond substituents is 1. The summed E-state index contributed by atoms with van der Waals surface area (Å²) in [6.07, 6.45) is -0.147. The Morgan fingerprint density at radius 3 is 2.52 bits per heavy atom. The van der Waals surface area contributed by atoms with Crippen LogP contribution in [0.5, 0.6) is 5.75 Å². The first-order valence-corrected chi connectivity index (χ1v) is 9.49. The maximum Gasteiger partial charge on any atom is 0.416 e. The maximum absolute atomic E-state index is 13.0. The number of carbonyl (C=O) groups excluding carboxylic acids is 2. The largest absolute Gasteiger partial charge is 0.508 e. The lowest BCUT2D eigenvalue weighted by Gasteiger charge is -2.23. The molecule has 1 aliphatic heterocycles. The monoisotopic (exact) mass is 396 g/mol. The normalized spacial score (nSPS) is 17.1. The molecule has 29 heavy (non-hydrogen) atoms. The molecule has 1 fully saturated rings. The standard InChI is InChI=1S/C22H24N2O5/c23-20(10-11-25)19(16-6-8-18(26)9-7-16)13-21(27)24-17(14-29-22(24)28)12-15-4-2-1-3-5-15/h1-9,17,19,23,25-26H,10-14H2/t17-,19-/m0/s1. The Bertz CT molecular complexity index is 867. The predicted octanol–water partition coefficient (Wildman–Crippen LogP) is 2.86. The summed E-state index contributed by atoms with van der Waals surface area (Å²) < 4.78 is 5.12. The van der Waals surface area contributed by atoms with Gasteiger partial charge < -0.3 is 20.4 Å². The molecule has 0 aromatic heterocycles. The van der Waals surface area contributed by atoms with Crippen LogP contribution in [0.15, 0.2) is 54.6 Å². The number of aliphatic hydroxyl groups excluding tert-OH is 1. The summed E-state index contributed by atoms with van der Waals surface area (Å²) in [5.41, 5.74) is 1.86. The van der Waals surface area contributed by atoms with Crippen LogP contribution < -0.4 is 0 Å². The third-order valence-corrected chi connectivity index (χ3v) is 5.02. The van der Waals surface area contributed by atoms with Crippen LogP contribution >= 0.6 is 0 Å². The van der Waals surface area contributed by atoms with E-state index in [-0.39, 0.29) is 37.5 Å². The molecule has 0 bridgehead atoms. The third-order valence-electron chi connectivity index (χ3n) is 5.02. The van der Waals surface area contributed by atoms with Gasteiger partial charge in [0.05, 0.1) is 6.04 Å². The Kier molecular flexibility index (Phi) is 6.61. The molecule has 0 aliphatic carbocycles. The minimum Gasteiger partial charge on any atom is -0.508 e. The van der Waals surface area contributed by atoms with Gasteiger partial charge in [-0.15, -0.1) is 0 Å². The highest BCUT2D eigenvalue weighted by molar-refractivity contribution is 5.98. The highest BCUT2D eigenvalue weighted by Crippen LogP contribution is 2.27. The van der Waals surface area contributed by atoms with Gasteiger partial charge >= 0.3 is 6.09 Å². The Morgan fingerprint density at radius 2 is 1.86 bits per heavy atom. The molecular formula is C22H24N2O5. The van der Waals surface area contributed by atoms with E-state index in [1.807, 2.05) is 30.3 Å². The first-order valence-electron chi connectivity index (χ1n) is 9.49. The van der Waals surface area contributed by atoms with E-state index in [2.05, 4.69) is 0 Å². The van der Waals surface area contributed by atoms with Crippen molar-refractivity contribution < 1.29 is 24.5 Å². The van der Waals surface area contributed by atoms with Gasteiger partial charge in [0.2, 0.25) is 5.91 Å². The molecule has 2 atom stereocenters. The van der Waals surface area contributed by atoms with Crippen LogP contribution in [-0.2, 0) is 16.0 Å². The molecule has 0 spiro atoms. The number of hydrogen-bond donors (Lipinski definition) is 3. The zero-order valence-corrected chi connectivity index (χ0v) is 16.0. The van der Waals surface area contributed by atoms with E-state index in [1.54, 1.807) is 12.1 Å². The SMILES string of the molecule is N=C(CCO)[C@@H](CC(=O)N1C(=O)OC[C@@H]1Cc1ccccc1)c1ccc(O)cc1. The van der Waals surface area contributed by atoms with E-state index in [1.165, 1.54) is 12.1 Å². The smallest absolute Gasteiger partial charge is 0.416 e. The van der Waals surface area contributed by atoms with Crippen molar-refractivity contribution in [1.82, 2.24) is 4.90 Å². The van der Waals surface area contributed by atoms with E-state index >= 15 is 0 Å². The van der Waals surface area contributed by atoms with Gasteiger partial charge in [-0.25, -0.2) is 9.69 Å². The molecule has 1 aliphatic rings. The van der Waals surface area contributed by atoms with Gasteiger partial charge in [0.15, 0.2) is 0 Å². The van der Waals surface area contributed by atoms with Crippen molar-refractivity contribution in [2.45, 2.75) is 31.2 Å². The summed E-state index contributed by atoms with van der Waals surface area (Å²) in [6, 6.07) is 15.4. The number of phenols is 1. The minimum atomic E-state index is -0.672. The highest BCUT2D eigenvalue weighted by atomic mass is 16.6. The summed E-state index contributed by atoms with van der Waals surface area (Å²) in [4.78, 5) is 26.4. The molecule has 7 heteroatoms. The lowest BCUT2D eigenvalue weighted by molar-refractivity contribution is -0.129. The van der Waals surface area contributed by atoms with Crippen LogP contribution in [-0.4, -0.2) is 52.1 Å². The van der Waals surface area contributed by atoms with Crippen molar-refractivity contribution in [3.8, 4) is 5.75 Å². The first kappa shape index (κ1) is 20.5. The number of imide groups is 1. The first-order chi connectivity index (χ1) is 14.0. The molecule has 1 saturated heterocycles. The van der Waals surface area contributed by atoms with Crippen LogP contribution in [0.25, 0.3) is 0 Å². The molecule has 3 rings (SSSR count). The highest BCUT2D eigenvalue weighted by Gasteiger charge is 2.39. The van der Waals surface area contributed by atoms with E-state index in [9.17, 15) is 19.8 Å². The van der Waals surface area contributed by atoms with Crippen molar-refractivity contribution in [2.24, 2.45) is 0 Å². The third kappa shape index (κ3) is 5.00. The summed E-state index contributed by atoms with van der Waals surface area (Å²) in [5.74, 6) is -0.936. The Labute approximate surface area is 169 Å². The van der Waals surface area contributed by atoms with Gasteiger partial charge in [-0.1, -0.05) is 42.5 Å². The van der Waals surface area contributed by atoms with E-state index in [4.69, 9.17) is 10.1 Å². The molecule has 0 radical (unpaired) electrons. The molecule has 1 heterocycles. The van der Waals surface area contributed by atoms with Crippen LogP contribution in [0.4, 0.5) is 4.79 Å². The number of cyclic esters (lactones) is 1. The number of carbonyl (C=O) groups is 2. The Morgan fingerprint density at radius 1 is 1.17 bits per heavy atom. The van der Waals surface area contributed by atoms with Crippen molar-refractivity contribution in [3.05, 3.63) is 65.7 Å². The van der Waals surface area contributed by atoms with Gasteiger partial charge in [-0.05, 0) is 29.7 Å². The number of nitrogens with zero attached hydrogens (tertiary/aromatic N) is 1. The molecule has 2 aromatic rings. The lowest BCUT2D eigenvalue weighted by Crippen LogP contribution is -2.41. The molecular weight excluding hydrogens is 372 g/mol. The second-order valence-corrected chi connectivity index (χ2v) is 7.03. The summed E-state index contributed by atoms with van der Waals surface area (Å²) in [7, 11) is 0. The topological polar surface area (TPSA) is 111 Å². The van der Waals surface area contributed by atoms with Crippen LogP contribution in [0, 0.1) is 5.41 Å². The fraction of sp³-hybridized carbons (Fsp3) is 0.318. The van der Waals surface area contributed by atoms with Crippen molar-refractivity contribution in [2.75, 3.05) is 13.2 Å². The van der Waals surface area contributed by atoms with Crippen molar-refractivity contribution in [1.29, 1.82) is 5.41 Å². The van der Waals surface area contributed by atoms with Crippen molar-refractivity contribution >= 4 is 17.7 Å². The summed E-state index contributed by atoms with van der Waals surface area (Å²) >= 11 is 0. The van der Waals surface area contributed by atoms with Crippen LogP contribution in [0.1, 0.15) is 29.9 Å². The number of aliphatic hydroxyl groups is 1. The zero-order valence-electron chi connectivity index (χ0n) is 16.0. The second kappa shape index (κ2) is 9.34. The number of aromatic hydroxyl groups is 1. The summed E-state index contributed by atoms with van der Waals surface area (Å²) in [6.45, 7) is -0.0680. The predicted molar refractivity (Wildman–Crippen MR) is 107 cm³/mol. The van der Waals surface area contributed by atoms with Crippen molar-refractivity contribution in [3.63, 3.8) is 0 Å². The van der Waals surface area contributed by atoms with Gasteiger partial charge in [0, 0.05) is 31.1 Å². The molecule has 0 saturated carbocycles.